The largest absolute Gasteiger partial charge is 0.493 e. The molecule has 0 amide bonds. The van der Waals surface area contributed by atoms with Crippen molar-refractivity contribution < 1.29 is 28.5 Å². The smallest absolute Gasteiger partial charge is 0.338 e. The number of carbonyl (C=O) groups is 1. The molecule has 0 bridgehead atoms. The lowest BCUT2D eigenvalue weighted by molar-refractivity contribution is 0.0337. The van der Waals surface area contributed by atoms with E-state index in [1.54, 1.807) is 0 Å². The van der Waals surface area contributed by atoms with Crippen LogP contribution in [-0.4, -0.2) is 53.0 Å². The number of benzene rings is 1. The van der Waals surface area contributed by atoms with Crippen molar-refractivity contribution in [3.05, 3.63) is 17.7 Å². The van der Waals surface area contributed by atoms with Crippen molar-refractivity contribution in [2.75, 3.05) is 47.0 Å². The van der Waals surface area contributed by atoms with Gasteiger partial charge in [-0.2, -0.15) is 0 Å². The maximum atomic E-state index is 12.0. The van der Waals surface area contributed by atoms with Crippen LogP contribution >= 0.6 is 11.6 Å². The second-order valence-corrected chi connectivity index (χ2v) is 4.23. The molecular weight excluding hydrogens is 300 g/mol. The van der Waals surface area contributed by atoms with Crippen LogP contribution in [0.4, 0.5) is 0 Å². The molecule has 0 aromatic heterocycles. The first-order chi connectivity index (χ1) is 10.2. The Kier molecular flexibility index (Phi) is 7.71. The Labute approximate surface area is 128 Å². The van der Waals surface area contributed by atoms with Crippen molar-refractivity contribution >= 4 is 17.6 Å². The molecule has 0 spiro atoms. The summed E-state index contributed by atoms with van der Waals surface area (Å²) in [6.45, 7) is 0.860. The van der Waals surface area contributed by atoms with Gasteiger partial charge in [-0.3, -0.25) is 0 Å². The zero-order valence-corrected chi connectivity index (χ0v) is 13.1. The molecular formula is C14H19ClO6. The van der Waals surface area contributed by atoms with Crippen LogP contribution in [0.2, 0.25) is 0 Å². The number of rotatable bonds is 9. The molecule has 0 aliphatic rings. The third kappa shape index (κ3) is 4.99. The van der Waals surface area contributed by atoms with Crippen molar-refractivity contribution in [2.24, 2.45) is 0 Å². The van der Waals surface area contributed by atoms with Crippen LogP contribution < -0.4 is 14.2 Å². The molecule has 7 heteroatoms. The fraction of sp³-hybridized carbons (Fsp3) is 0.500. The van der Waals surface area contributed by atoms with Gasteiger partial charge in [0.25, 0.3) is 0 Å². The Hall–Kier alpha value is -1.66. The first-order valence-electron chi connectivity index (χ1n) is 6.28. The Morgan fingerprint density at radius 3 is 2.10 bits per heavy atom. The number of hydrogen-bond acceptors (Lipinski definition) is 6. The quantitative estimate of drug-likeness (QED) is 0.395. The topological polar surface area (TPSA) is 63.2 Å². The molecule has 0 radical (unpaired) electrons. The monoisotopic (exact) mass is 318 g/mol. The van der Waals surface area contributed by atoms with Crippen LogP contribution in [0.5, 0.6) is 17.2 Å². The normalized spacial score (nSPS) is 10.1. The standard InChI is InChI=1S/C14H19ClO6/c1-17-11-8-10(9-12(18-2)13(11)19-3)14(16)21-7-6-20-5-4-15/h8-9H,4-7H2,1-3H3. The minimum absolute atomic E-state index is 0.145. The third-order valence-electron chi connectivity index (χ3n) is 2.58. The van der Waals surface area contributed by atoms with Crippen LogP contribution in [0.1, 0.15) is 10.4 Å². The van der Waals surface area contributed by atoms with E-state index in [1.807, 2.05) is 0 Å². The fourth-order valence-electron chi connectivity index (χ4n) is 1.63. The minimum Gasteiger partial charge on any atom is -0.493 e. The molecule has 0 aliphatic heterocycles. The van der Waals surface area contributed by atoms with Gasteiger partial charge in [0.1, 0.15) is 6.61 Å². The number of hydrogen-bond donors (Lipinski definition) is 0. The van der Waals surface area contributed by atoms with E-state index >= 15 is 0 Å². The van der Waals surface area contributed by atoms with E-state index < -0.39 is 5.97 Å². The lowest BCUT2D eigenvalue weighted by Crippen LogP contribution is -2.12. The van der Waals surface area contributed by atoms with Crippen molar-refractivity contribution in [3.8, 4) is 17.2 Å². The van der Waals surface area contributed by atoms with Crippen LogP contribution in [-0.2, 0) is 9.47 Å². The lowest BCUT2D eigenvalue weighted by Gasteiger charge is -2.13. The van der Waals surface area contributed by atoms with Crippen molar-refractivity contribution in [3.63, 3.8) is 0 Å². The van der Waals surface area contributed by atoms with E-state index in [4.69, 9.17) is 35.3 Å². The van der Waals surface area contributed by atoms with Gasteiger partial charge in [0.15, 0.2) is 11.5 Å². The molecule has 1 rings (SSSR count). The van der Waals surface area contributed by atoms with Gasteiger partial charge in [0.05, 0.1) is 40.1 Å². The second-order valence-electron chi connectivity index (χ2n) is 3.85. The number of halogens is 1. The molecule has 1 aromatic carbocycles. The van der Waals surface area contributed by atoms with E-state index in [9.17, 15) is 4.79 Å². The number of methoxy groups -OCH3 is 3. The summed E-state index contributed by atoms with van der Waals surface area (Å²) in [4.78, 5) is 12.0. The van der Waals surface area contributed by atoms with E-state index in [2.05, 4.69) is 0 Å². The first-order valence-corrected chi connectivity index (χ1v) is 6.82. The first kappa shape index (κ1) is 17.4. The highest BCUT2D eigenvalue weighted by atomic mass is 35.5. The summed E-state index contributed by atoms with van der Waals surface area (Å²) in [6, 6.07) is 3.06. The van der Waals surface area contributed by atoms with Crippen LogP contribution in [0, 0.1) is 0 Å². The summed E-state index contributed by atoms with van der Waals surface area (Å²) in [5.41, 5.74) is 0.307. The zero-order valence-electron chi connectivity index (χ0n) is 12.3. The van der Waals surface area contributed by atoms with Gasteiger partial charge in [0.2, 0.25) is 5.75 Å². The molecule has 0 N–H and O–H groups in total. The summed E-state index contributed by atoms with van der Waals surface area (Å²) in [5, 5.41) is 0. The van der Waals surface area contributed by atoms with Gasteiger partial charge in [-0.25, -0.2) is 4.79 Å². The molecule has 0 unspecified atom stereocenters. The Morgan fingerprint density at radius 1 is 1.00 bits per heavy atom. The Balaban J connectivity index is 2.75. The van der Waals surface area contributed by atoms with Gasteiger partial charge >= 0.3 is 5.97 Å². The maximum Gasteiger partial charge on any atom is 0.338 e. The number of ether oxygens (including phenoxy) is 5. The minimum atomic E-state index is -0.497. The van der Waals surface area contributed by atoms with Crippen molar-refractivity contribution in [2.45, 2.75) is 0 Å². The molecule has 0 aliphatic carbocycles. The summed E-state index contributed by atoms with van der Waals surface area (Å²) in [5.74, 6) is 1.11. The number of alkyl halides is 1. The predicted octanol–water partition coefficient (Wildman–Crippen LogP) is 2.12. The highest BCUT2D eigenvalue weighted by Gasteiger charge is 2.17. The number of carbonyl (C=O) groups excluding carboxylic acids is 1. The van der Waals surface area contributed by atoms with Crippen molar-refractivity contribution in [1.29, 1.82) is 0 Å². The Bertz CT molecular complexity index is 438. The average Bonchev–Trinajstić information content (AvgIpc) is 2.52. The van der Waals surface area contributed by atoms with Gasteiger partial charge in [0, 0.05) is 5.88 Å². The summed E-state index contributed by atoms with van der Waals surface area (Å²) >= 11 is 5.46. The third-order valence-corrected chi connectivity index (χ3v) is 2.74. The van der Waals surface area contributed by atoms with Gasteiger partial charge in [-0.05, 0) is 12.1 Å². The van der Waals surface area contributed by atoms with E-state index in [0.29, 0.717) is 41.9 Å². The molecule has 0 heterocycles. The van der Waals surface area contributed by atoms with Gasteiger partial charge in [-0.1, -0.05) is 0 Å². The molecule has 0 saturated carbocycles. The lowest BCUT2D eigenvalue weighted by atomic mass is 10.2. The van der Waals surface area contributed by atoms with E-state index in [0.717, 1.165) is 0 Å². The summed E-state index contributed by atoms with van der Waals surface area (Å²) < 4.78 is 25.7. The van der Waals surface area contributed by atoms with Crippen molar-refractivity contribution in [1.82, 2.24) is 0 Å². The van der Waals surface area contributed by atoms with Crippen LogP contribution in [0.25, 0.3) is 0 Å². The molecule has 21 heavy (non-hydrogen) atoms. The molecule has 118 valence electrons. The molecule has 0 saturated heterocycles. The SMILES string of the molecule is COc1cc(C(=O)OCCOCCCl)cc(OC)c1OC. The van der Waals surface area contributed by atoms with Crippen LogP contribution in [0.15, 0.2) is 12.1 Å². The van der Waals surface area contributed by atoms with E-state index in [-0.39, 0.29) is 6.61 Å². The molecule has 0 fully saturated rings. The molecule has 0 atom stereocenters. The van der Waals surface area contributed by atoms with Gasteiger partial charge in [-0.15, -0.1) is 11.6 Å². The predicted molar refractivity (Wildman–Crippen MR) is 77.9 cm³/mol. The zero-order chi connectivity index (χ0) is 15.7. The summed E-state index contributed by atoms with van der Waals surface area (Å²) in [7, 11) is 4.45. The molecule has 6 nitrogen and oxygen atoms in total. The average molecular weight is 319 g/mol. The fourth-order valence-corrected chi connectivity index (χ4v) is 1.74. The highest BCUT2D eigenvalue weighted by molar-refractivity contribution is 6.17. The van der Waals surface area contributed by atoms with E-state index in [1.165, 1.54) is 33.5 Å². The van der Waals surface area contributed by atoms with Gasteiger partial charge < -0.3 is 23.7 Å². The number of esters is 1. The van der Waals surface area contributed by atoms with Crippen LogP contribution in [0.3, 0.4) is 0 Å². The Morgan fingerprint density at radius 2 is 1.62 bits per heavy atom. The summed E-state index contributed by atoms with van der Waals surface area (Å²) in [6.07, 6.45) is 0. The molecule has 1 aromatic rings. The second kappa shape index (κ2) is 9.31. The maximum absolute atomic E-state index is 12.0. The highest BCUT2D eigenvalue weighted by Crippen LogP contribution is 2.38.